The summed E-state index contributed by atoms with van der Waals surface area (Å²) in [6.07, 6.45) is 1.59. The van der Waals surface area contributed by atoms with E-state index in [9.17, 15) is 4.79 Å². The first-order valence-electron chi connectivity index (χ1n) is 8.80. The summed E-state index contributed by atoms with van der Waals surface area (Å²) in [5, 5.41) is 0. The Morgan fingerprint density at radius 3 is 2.65 bits per heavy atom. The van der Waals surface area contributed by atoms with Gasteiger partial charge < -0.3 is 18.9 Å². The lowest BCUT2D eigenvalue weighted by Crippen LogP contribution is -2.17. The molecule has 142 valence electrons. The van der Waals surface area contributed by atoms with E-state index in [0.29, 0.717) is 29.5 Å². The third-order valence-corrected chi connectivity index (χ3v) is 3.57. The lowest BCUT2D eigenvalue weighted by atomic mass is 10.2. The van der Waals surface area contributed by atoms with Crippen LogP contribution in [0, 0.1) is 0 Å². The van der Waals surface area contributed by atoms with Crippen LogP contribution in [-0.4, -0.2) is 35.3 Å². The minimum absolute atomic E-state index is 0.00110. The second-order valence-corrected chi connectivity index (χ2v) is 5.56. The molecule has 3 rings (SSSR count). The maximum atomic E-state index is 12.0. The first-order chi connectivity index (χ1) is 12.5. The van der Waals surface area contributed by atoms with Gasteiger partial charge in [0.05, 0.1) is 31.2 Å². The molecule has 0 atom stereocenters. The van der Waals surface area contributed by atoms with Crippen LogP contribution in [0.1, 0.15) is 50.8 Å². The van der Waals surface area contributed by atoms with Crippen molar-refractivity contribution in [1.82, 2.24) is 9.55 Å². The standard InChI is InChI=1S/C17H20N2O5.C2H6/c1-5-22-17(20)16-12-8-23-13-7-14(21-4)15(24-10(2)3)6-11(13)19(12)9-18-16;1-2/h6-7,9-10H,5,8H2,1-4H3;1-2H3. The smallest absolute Gasteiger partial charge is 0.358 e. The van der Waals surface area contributed by atoms with Crippen LogP contribution in [0.4, 0.5) is 0 Å². The van der Waals surface area contributed by atoms with Crippen LogP contribution >= 0.6 is 0 Å². The summed E-state index contributed by atoms with van der Waals surface area (Å²) in [6, 6.07) is 3.60. The molecule has 0 saturated carbocycles. The molecule has 1 aromatic carbocycles. The van der Waals surface area contributed by atoms with Crippen LogP contribution in [0.5, 0.6) is 17.2 Å². The van der Waals surface area contributed by atoms with E-state index in [1.807, 2.05) is 38.3 Å². The Balaban J connectivity index is 0.00000117. The van der Waals surface area contributed by atoms with Crippen LogP contribution in [-0.2, 0) is 11.3 Å². The van der Waals surface area contributed by atoms with Gasteiger partial charge in [-0.2, -0.15) is 0 Å². The topological polar surface area (TPSA) is 71.8 Å². The fourth-order valence-corrected chi connectivity index (χ4v) is 2.58. The van der Waals surface area contributed by atoms with Gasteiger partial charge >= 0.3 is 5.97 Å². The average molecular weight is 362 g/mol. The lowest BCUT2D eigenvalue weighted by Gasteiger charge is -2.23. The summed E-state index contributed by atoms with van der Waals surface area (Å²) in [6.45, 7) is 10.2. The maximum absolute atomic E-state index is 12.0. The number of imidazole rings is 1. The van der Waals surface area contributed by atoms with Gasteiger partial charge in [0.25, 0.3) is 0 Å². The monoisotopic (exact) mass is 362 g/mol. The van der Waals surface area contributed by atoms with Crippen molar-refractivity contribution in [2.45, 2.75) is 47.3 Å². The van der Waals surface area contributed by atoms with Crippen molar-refractivity contribution in [1.29, 1.82) is 0 Å². The minimum Gasteiger partial charge on any atom is -0.493 e. The van der Waals surface area contributed by atoms with Crippen molar-refractivity contribution in [3.63, 3.8) is 0 Å². The van der Waals surface area contributed by atoms with Crippen LogP contribution in [0.2, 0.25) is 0 Å². The summed E-state index contributed by atoms with van der Waals surface area (Å²) in [4.78, 5) is 16.2. The molecule has 0 bridgehead atoms. The number of benzene rings is 1. The van der Waals surface area contributed by atoms with Crippen molar-refractivity contribution in [3.05, 3.63) is 29.8 Å². The Kier molecular flexibility index (Phi) is 6.49. The van der Waals surface area contributed by atoms with Crippen molar-refractivity contribution in [2.75, 3.05) is 13.7 Å². The van der Waals surface area contributed by atoms with E-state index < -0.39 is 5.97 Å². The second-order valence-electron chi connectivity index (χ2n) is 5.56. The molecule has 0 radical (unpaired) electrons. The number of fused-ring (bicyclic) bond motifs is 3. The van der Waals surface area contributed by atoms with Gasteiger partial charge in [-0.05, 0) is 20.8 Å². The highest BCUT2D eigenvalue weighted by molar-refractivity contribution is 5.89. The highest BCUT2D eigenvalue weighted by Gasteiger charge is 2.27. The van der Waals surface area contributed by atoms with Gasteiger partial charge in [-0.1, -0.05) is 13.8 Å². The van der Waals surface area contributed by atoms with E-state index in [1.165, 1.54) is 0 Å². The van der Waals surface area contributed by atoms with Gasteiger partial charge in [0.15, 0.2) is 17.2 Å². The number of aromatic nitrogens is 2. The van der Waals surface area contributed by atoms with Gasteiger partial charge in [-0.25, -0.2) is 9.78 Å². The SMILES string of the molecule is CC.CCOC(=O)c1ncn2c1COc1cc(OC)c(OC(C)C)cc1-2. The molecule has 2 aromatic rings. The number of esters is 1. The number of methoxy groups -OCH3 is 1. The maximum Gasteiger partial charge on any atom is 0.358 e. The van der Waals surface area contributed by atoms with E-state index in [4.69, 9.17) is 18.9 Å². The summed E-state index contributed by atoms with van der Waals surface area (Å²) >= 11 is 0. The fourth-order valence-electron chi connectivity index (χ4n) is 2.58. The summed E-state index contributed by atoms with van der Waals surface area (Å²) < 4.78 is 23.8. The molecule has 0 fully saturated rings. The minimum atomic E-state index is -0.453. The first kappa shape index (κ1) is 19.6. The molecule has 0 N–H and O–H groups in total. The molecule has 0 aliphatic carbocycles. The Morgan fingerprint density at radius 1 is 1.31 bits per heavy atom. The van der Waals surface area contributed by atoms with Crippen LogP contribution < -0.4 is 14.2 Å². The Morgan fingerprint density at radius 2 is 2.04 bits per heavy atom. The third-order valence-electron chi connectivity index (χ3n) is 3.57. The van der Waals surface area contributed by atoms with Gasteiger partial charge in [0.1, 0.15) is 18.7 Å². The number of hydrogen-bond acceptors (Lipinski definition) is 6. The third kappa shape index (κ3) is 3.76. The molecule has 7 heteroatoms. The van der Waals surface area contributed by atoms with Crippen LogP contribution in [0.3, 0.4) is 0 Å². The highest BCUT2D eigenvalue weighted by atomic mass is 16.5. The molecule has 0 unspecified atom stereocenters. The molecular formula is C19H26N2O5. The van der Waals surface area contributed by atoms with E-state index in [0.717, 1.165) is 5.69 Å². The molecule has 1 aliphatic heterocycles. The average Bonchev–Trinajstić information content (AvgIpc) is 3.07. The number of ether oxygens (including phenoxy) is 4. The van der Waals surface area contributed by atoms with Gasteiger partial charge in [-0.15, -0.1) is 0 Å². The van der Waals surface area contributed by atoms with E-state index in [1.54, 1.807) is 26.4 Å². The molecular weight excluding hydrogens is 336 g/mol. The van der Waals surface area contributed by atoms with Crippen molar-refractivity contribution in [3.8, 4) is 22.9 Å². The second kappa shape index (κ2) is 8.60. The molecule has 2 heterocycles. The summed E-state index contributed by atoms with van der Waals surface area (Å²) in [5.74, 6) is 1.39. The number of hydrogen-bond donors (Lipinski definition) is 0. The summed E-state index contributed by atoms with van der Waals surface area (Å²) in [5.41, 5.74) is 1.67. The van der Waals surface area contributed by atoms with E-state index in [2.05, 4.69) is 4.98 Å². The lowest BCUT2D eigenvalue weighted by molar-refractivity contribution is 0.0516. The normalized spacial score (nSPS) is 11.5. The zero-order valence-electron chi connectivity index (χ0n) is 16.2. The van der Waals surface area contributed by atoms with Gasteiger partial charge in [0.2, 0.25) is 0 Å². The molecule has 7 nitrogen and oxygen atoms in total. The molecule has 26 heavy (non-hydrogen) atoms. The number of rotatable bonds is 5. The Labute approximate surface area is 153 Å². The van der Waals surface area contributed by atoms with Crippen LogP contribution in [0.25, 0.3) is 5.69 Å². The molecule has 0 amide bonds. The van der Waals surface area contributed by atoms with E-state index >= 15 is 0 Å². The first-order valence-corrected chi connectivity index (χ1v) is 8.80. The predicted octanol–water partition coefficient (Wildman–Crippen LogP) is 3.76. The van der Waals surface area contributed by atoms with E-state index in [-0.39, 0.29) is 18.4 Å². The fraction of sp³-hybridized carbons (Fsp3) is 0.474. The van der Waals surface area contributed by atoms with Crippen molar-refractivity contribution < 1.29 is 23.7 Å². The number of carbonyl (C=O) groups is 1. The Bertz CT molecular complexity index is 768. The molecule has 1 aliphatic rings. The zero-order valence-corrected chi connectivity index (χ0v) is 16.2. The number of nitrogens with zero attached hydrogens (tertiary/aromatic N) is 2. The van der Waals surface area contributed by atoms with Gasteiger partial charge in [0, 0.05) is 12.1 Å². The molecule has 1 aromatic heterocycles. The van der Waals surface area contributed by atoms with Crippen molar-refractivity contribution >= 4 is 5.97 Å². The molecule has 0 spiro atoms. The Hall–Kier alpha value is -2.70. The molecule has 0 saturated heterocycles. The van der Waals surface area contributed by atoms with Crippen LogP contribution in [0.15, 0.2) is 18.5 Å². The summed E-state index contributed by atoms with van der Waals surface area (Å²) in [7, 11) is 1.58. The largest absolute Gasteiger partial charge is 0.493 e. The quantitative estimate of drug-likeness (QED) is 0.754. The van der Waals surface area contributed by atoms with Gasteiger partial charge in [-0.3, -0.25) is 4.57 Å². The van der Waals surface area contributed by atoms with Crippen molar-refractivity contribution in [2.24, 2.45) is 0 Å². The zero-order chi connectivity index (χ0) is 19.3. The number of carbonyl (C=O) groups excluding carboxylic acids is 1. The highest BCUT2D eigenvalue weighted by Crippen LogP contribution is 2.40. The predicted molar refractivity (Wildman–Crippen MR) is 97.5 cm³/mol.